The fraction of sp³-hybridized carbons (Fsp3) is 0.300. The minimum atomic E-state index is -0.568. The van der Waals surface area contributed by atoms with E-state index in [1.807, 2.05) is 6.07 Å². The summed E-state index contributed by atoms with van der Waals surface area (Å²) in [6.07, 6.45) is 7.51. The molecule has 3 N–H and O–H groups in total. The lowest BCUT2D eigenvalue weighted by atomic mass is 9.96. The number of benzene rings is 3. The molecule has 0 spiro atoms. The van der Waals surface area contributed by atoms with Gasteiger partial charge >= 0.3 is 5.97 Å². The first kappa shape index (κ1) is 38.2. The van der Waals surface area contributed by atoms with Gasteiger partial charge in [-0.1, -0.05) is 37.1 Å². The average Bonchev–Trinajstić information content (AvgIpc) is 3.46. The van der Waals surface area contributed by atoms with E-state index < -0.39 is 23.0 Å². The van der Waals surface area contributed by atoms with Crippen LogP contribution in [-0.2, 0) is 27.2 Å². The highest BCUT2D eigenvalue weighted by Gasteiger charge is 2.27. The Morgan fingerprint density at radius 3 is 2.38 bits per heavy atom. The van der Waals surface area contributed by atoms with Crippen molar-refractivity contribution in [2.45, 2.75) is 62.5 Å². The van der Waals surface area contributed by atoms with E-state index in [2.05, 4.69) is 16.0 Å². The molecule has 1 unspecified atom stereocenters. The van der Waals surface area contributed by atoms with E-state index in [0.29, 0.717) is 38.9 Å². The van der Waals surface area contributed by atoms with Crippen LogP contribution in [0.3, 0.4) is 0 Å². The molecule has 0 radical (unpaired) electrons. The van der Waals surface area contributed by atoms with E-state index in [4.69, 9.17) is 14.2 Å². The maximum Gasteiger partial charge on any atom is 0.341 e. The van der Waals surface area contributed by atoms with Crippen LogP contribution in [0.1, 0.15) is 76.3 Å². The Labute approximate surface area is 312 Å². The summed E-state index contributed by atoms with van der Waals surface area (Å²) in [4.78, 5) is 55.4. The maximum atomic E-state index is 13.8. The van der Waals surface area contributed by atoms with Crippen LogP contribution >= 0.6 is 23.1 Å². The number of esters is 1. The number of aryl methyl sites for hydroxylation is 1. The highest BCUT2D eigenvalue weighted by Crippen LogP contribution is 2.38. The number of ether oxygens (including phenoxy) is 3. The van der Waals surface area contributed by atoms with E-state index in [-0.39, 0.29) is 18.2 Å². The Morgan fingerprint density at radius 1 is 0.885 bits per heavy atom. The van der Waals surface area contributed by atoms with Crippen LogP contribution in [0.4, 0.5) is 10.7 Å². The number of rotatable bonds is 13. The molecule has 10 nitrogen and oxygen atoms in total. The summed E-state index contributed by atoms with van der Waals surface area (Å²) in [5.41, 5.74) is 2.83. The zero-order valence-electron chi connectivity index (χ0n) is 29.7. The van der Waals surface area contributed by atoms with E-state index in [1.54, 1.807) is 80.6 Å². The Bertz CT molecular complexity index is 1940. The normalized spacial score (nSPS) is 13.4. The number of hydrogen-bond acceptors (Lipinski definition) is 9. The number of hydrogen-bond donors (Lipinski definition) is 3. The zero-order valence-corrected chi connectivity index (χ0v) is 31.3. The first-order chi connectivity index (χ1) is 25.2. The van der Waals surface area contributed by atoms with Gasteiger partial charge in [-0.3, -0.25) is 14.4 Å². The van der Waals surface area contributed by atoms with Gasteiger partial charge in [0.2, 0.25) is 5.91 Å². The molecule has 1 aliphatic carbocycles. The van der Waals surface area contributed by atoms with Gasteiger partial charge in [0.15, 0.2) is 0 Å². The summed E-state index contributed by atoms with van der Waals surface area (Å²) in [7, 11) is 3.05. The van der Waals surface area contributed by atoms with Gasteiger partial charge in [0.25, 0.3) is 11.8 Å². The van der Waals surface area contributed by atoms with Crippen molar-refractivity contribution in [3.63, 3.8) is 0 Å². The summed E-state index contributed by atoms with van der Waals surface area (Å²) >= 11 is 2.79. The van der Waals surface area contributed by atoms with Crippen LogP contribution < -0.4 is 25.4 Å². The molecule has 0 saturated heterocycles. The predicted octanol–water partition coefficient (Wildman–Crippen LogP) is 8.13. The van der Waals surface area contributed by atoms with Crippen LogP contribution in [0.25, 0.3) is 6.08 Å². The summed E-state index contributed by atoms with van der Waals surface area (Å²) in [5, 5.41) is 8.65. The molecule has 0 aliphatic heterocycles. The van der Waals surface area contributed by atoms with Crippen LogP contribution in [-0.4, -0.2) is 49.8 Å². The highest BCUT2D eigenvalue weighted by molar-refractivity contribution is 8.00. The quantitative estimate of drug-likeness (QED) is 0.0712. The smallest absolute Gasteiger partial charge is 0.341 e. The zero-order chi connectivity index (χ0) is 37.0. The fourth-order valence-electron chi connectivity index (χ4n) is 5.79. The molecular formula is C40H43N3O7S2. The van der Waals surface area contributed by atoms with Crippen molar-refractivity contribution in [3.05, 3.63) is 106 Å². The molecular weight excluding hydrogens is 699 g/mol. The molecule has 3 amide bonds. The number of amides is 3. The lowest BCUT2D eigenvalue weighted by Gasteiger charge is -2.15. The minimum absolute atomic E-state index is 0.0198. The highest BCUT2D eigenvalue weighted by atomic mass is 32.2. The second-order valence-electron chi connectivity index (χ2n) is 12.1. The van der Waals surface area contributed by atoms with Crippen LogP contribution in [0.2, 0.25) is 0 Å². The first-order valence-corrected chi connectivity index (χ1v) is 18.9. The SMILES string of the molecule is CCOC(=O)c1c(NC(=O)C(C)Sc2cccc(NC(=O)/C(=C\c3cc(OC)ccc3OC)NC(=O)c3ccccc3)c2)sc2c1CCCCCC2. The molecule has 1 aliphatic rings. The summed E-state index contributed by atoms with van der Waals surface area (Å²) in [6.45, 7) is 3.82. The number of anilines is 2. The summed E-state index contributed by atoms with van der Waals surface area (Å²) in [6, 6.07) is 20.8. The molecule has 52 heavy (non-hydrogen) atoms. The van der Waals surface area contributed by atoms with Crippen molar-refractivity contribution in [3.8, 4) is 11.5 Å². The number of methoxy groups -OCH3 is 2. The third-order valence-corrected chi connectivity index (χ3v) is 10.7. The Hall–Kier alpha value is -5.07. The van der Waals surface area contributed by atoms with Gasteiger partial charge < -0.3 is 30.2 Å². The maximum absolute atomic E-state index is 13.8. The van der Waals surface area contributed by atoms with Crippen molar-refractivity contribution in [1.29, 1.82) is 0 Å². The number of thioether (sulfide) groups is 1. The van der Waals surface area contributed by atoms with Gasteiger partial charge in [0, 0.05) is 26.6 Å². The van der Waals surface area contributed by atoms with Crippen molar-refractivity contribution in [2.75, 3.05) is 31.5 Å². The van der Waals surface area contributed by atoms with E-state index >= 15 is 0 Å². The number of carbonyl (C=O) groups excluding carboxylic acids is 4. The summed E-state index contributed by atoms with van der Waals surface area (Å²) < 4.78 is 16.3. The molecule has 5 rings (SSSR count). The van der Waals surface area contributed by atoms with Crippen molar-refractivity contribution in [1.82, 2.24) is 5.32 Å². The van der Waals surface area contributed by atoms with Gasteiger partial charge in [-0.15, -0.1) is 23.1 Å². The third kappa shape index (κ3) is 9.83. The summed E-state index contributed by atoms with van der Waals surface area (Å²) in [5.74, 6) is -0.656. The minimum Gasteiger partial charge on any atom is -0.497 e. The molecule has 4 aromatic rings. The van der Waals surface area contributed by atoms with Crippen LogP contribution in [0, 0.1) is 0 Å². The second kappa shape index (κ2) is 18.4. The Kier molecular flexibility index (Phi) is 13.5. The lowest BCUT2D eigenvalue weighted by Crippen LogP contribution is -2.30. The van der Waals surface area contributed by atoms with E-state index in [1.165, 1.54) is 43.4 Å². The topological polar surface area (TPSA) is 132 Å². The van der Waals surface area contributed by atoms with Crippen molar-refractivity contribution >= 4 is 63.6 Å². The molecule has 12 heteroatoms. The molecule has 1 atom stereocenters. The van der Waals surface area contributed by atoms with Crippen LogP contribution in [0.15, 0.2) is 83.4 Å². The van der Waals surface area contributed by atoms with Gasteiger partial charge in [0.05, 0.1) is 31.6 Å². The van der Waals surface area contributed by atoms with Gasteiger partial charge in [-0.25, -0.2) is 4.79 Å². The fourth-order valence-corrected chi connectivity index (χ4v) is 8.00. The first-order valence-electron chi connectivity index (χ1n) is 17.2. The van der Waals surface area contributed by atoms with Crippen LogP contribution in [0.5, 0.6) is 11.5 Å². The van der Waals surface area contributed by atoms with Crippen molar-refractivity contribution < 1.29 is 33.4 Å². The molecule has 0 bridgehead atoms. The molecule has 1 aromatic heterocycles. The largest absolute Gasteiger partial charge is 0.497 e. The number of thiophene rings is 1. The monoisotopic (exact) mass is 741 g/mol. The van der Waals surface area contributed by atoms with Gasteiger partial charge in [0.1, 0.15) is 22.2 Å². The standard InChI is InChI=1S/C40H43N3O7S2/c1-5-50-40(47)35-31-18-11-6-7-12-19-34(31)52-39(35)43-36(44)25(2)51-30-17-13-16-28(24-30)41-38(46)32(42-37(45)26-14-9-8-10-15-26)23-27-22-29(48-3)20-21-33(27)49-4/h8-10,13-17,20-25H,5-7,11-12,18-19H2,1-4H3,(H,41,46)(H,42,45)(H,43,44)/b32-23+. The second-order valence-corrected chi connectivity index (χ2v) is 14.6. The molecule has 3 aromatic carbocycles. The van der Waals surface area contributed by atoms with Gasteiger partial charge in [-0.2, -0.15) is 0 Å². The predicted molar refractivity (Wildman–Crippen MR) is 207 cm³/mol. The number of carbonyl (C=O) groups is 4. The molecule has 0 fully saturated rings. The number of fused-ring (bicyclic) bond motifs is 1. The average molecular weight is 742 g/mol. The van der Waals surface area contributed by atoms with Gasteiger partial charge in [-0.05, 0) is 99.7 Å². The van der Waals surface area contributed by atoms with E-state index in [0.717, 1.165) is 53.9 Å². The Balaban J connectivity index is 1.33. The molecule has 0 saturated carbocycles. The third-order valence-electron chi connectivity index (χ3n) is 8.43. The lowest BCUT2D eigenvalue weighted by molar-refractivity contribution is -0.115. The molecule has 1 heterocycles. The Morgan fingerprint density at radius 2 is 1.65 bits per heavy atom. The van der Waals surface area contributed by atoms with Crippen molar-refractivity contribution in [2.24, 2.45) is 0 Å². The molecule has 272 valence electrons. The number of nitrogens with one attached hydrogen (secondary N) is 3. The van der Waals surface area contributed by atoms with E-state index in [9.17, 15) is 19.2 Å².